The molecule has 2 aliphatic rings. The highest BCUT2D eigenvalue weighted by molar-refractivity contribution is 5.82. The Morgan fingerprint density at radius 2 is 2.03 bits per heavy atom. The van der Waals surface area contributed by atoms with E-state index in [0.717, 1.165) is 62.0 Å². The molecule has 29 heavy (non-hydrogen) atoms. The minimum atomic E-state index is 0.0290. The zero-order valence-electron chi connectivity index (χ0n) is 17.9. The van der Waals surface area contributed by atoms with E-state index in [1.165, 1.54) is 24.8 Å². The molecule has 0 spiro atoms. The largest absolute Gasteiger partial charge is 0.494 e. The predicted octanol–water partition coefficient (Wildman–Crippen LogP) is 3.08. The van der Waals surface area contributed by atoms with Gasteiger partial charge in [-0.3, -0.25) is 4.90 Å². The number of carbonyl (C=O) groups is 1. The van der Waals surface area contributed by atoms with Gasteiger partial charge in [0.1, 0.15) is 17.1 Å². The first-order chi connectivity index (χ1) is 14.0. The van der Waals surface area contributed by atoms with Gasteiger partial charge < -0.3 is 19.5 Å². The molecular weight excluding hydrogens is 366 g/mol. The quantitative estimate of drug-likeness (QED) is 0.839. The molecular formula is C22H33N5O2. The number of hydrogen-bond acceptors (Lipinski definition) is 4. The van der Waals surface area contributed by atoms with Crippen LogP contribution in [0.4, 0.5) is 4.79 Å². The van der Waals surface area contributed by atoms with Crippen LogP contribution in [0.2, 0.25) is 0 Å². The number of benzene rings is 1. The fourth-order valence-corrected chi connectivity index (χ4v) is 4.68. The minimum absolute atomic E-state index is 0.0290. The molecule has 2 amide bonds. The van der Waals surface area contributed by atoms with Gasteiger partial charge in [0.05, 0.1) is 19.2 Å². The van der Waals surface area contributed by atoms with E-state index in [9.17, 15) is 4.79 Å². The van der Waals surface area contributed by atoms with E-state index in [0.29, 0.717) is 6.04 Å². The number of urea groups is 1. The van der Waals surface area contributed by atoms with Gasteiger partial charge in [0.2, 0.25) is 0 Å². The van der Waals surface area contributed by atoms with Crippen LogP contribution >= 0.6 is 0 Å². The number of amides is 2. The minimum Gasteiger partial charge on any atom is -0.494 e. The number of nitrogens with zero attached hydrogens (tertiary/aromatic N) is 4. The Bertz CT molecular complexity index is 854. The lowest BCUT2D eigenvalue weighted by Crippen LogP contribution is -2.43. The summed E-state index contributed by atoms with van der Waals surface area (Å²) in [7, 11) is 5.30. The lowest BCUT2D eigenvalue weighted by molar-refractivity contribution is 0.182. The molecule has 1 aliphatic carbocycles. The third-order valence-corrected chi connectivity index (χ3v) is 6.48. The number of imidazole rings is 1. The van der Waals surface area contributed by atoms with Crippen molar-refractivity contribution in [1.82, 2.24) is 24.7 Å². The first-order valence-corrected chi connectivity index (χ1v) is 10.8. The molecule has 0 unspecified atom stereocenters. The molecule has 1 aromatic carbocycles. The van der Waals surface area contributed by atoms with Crippen molar-refractivity contribution in [2.45, 2.75) is 51.2 Å². The molecule has 0 radical (unpaired) electrons. The third-order valence-electron chi connectivity index (χ3n) is 6.48. The molecule has 1 aromatic heterocycles. The maximum absolute atomic E-state index is 11.8. The van der Waals surface area contributed by atoms with Gasteiger partial charge in [-0.25, -0.2) is 9.78 Å². The zero-order valence-corrected chi connectivity index (χ0v) is 17.9. The molecule has 0 saturated heterocycles. The van der Waals surface area contributed by atoms with E-state index in [1.807, 2.05) is 12.1 Å². The molecule has 158 valence electrons. The molecule has 0 bridgehead atoms. The Kier molecular flexibility index (Phi) is 5.94. The van der Waals surface area contributed by atoms with Gasteiger partial charge in [-0.1, -0.05) is 6.07 Å². The molecule has 4 rings (SSSR count). The summed E-state index contributed by atoms with van der Waals surface area (Å²) in [5.74, 6) is 2.77. The summed E-state index contributed by atoms with van der Waals surface area (Å²) in [5, 5.41) is 3.13. The SMILES string of the molecule is COc1cccc2c1nc1n2CCN(CCC2CCC(NC(=O)N(C)C)CC2)C1. The smallest absolute Gasteiger partial charge is 0.317 e. The van der Waals surface area contributed by atoms with E-state index in [4.69, 9.17) is 9.72 Å². The summed E-state index contributed by atoms with van der Waals surface area (Å²) in [5.41, 5.74) is 2.15. The summed E-state index contributed by atoms with van der Waals surface area (Å²) in [6.07, 6.45) is 5.85. The average Bonchev–Trinajstić information content (AvgIpc) is 3.11. The van der Waals surface area contributed by atoms with Crippen LogP contribution in [0.25, 0.3) is 11.0 Å². The van der Waals surface area contributed by atoms with Gasteiger partial charge in [0.25, 0.3) is 0 Å². The summed E-state index contributed by atoms with van der Waals surface area (Å²) >= 11 is 0. The van der Waals surface area contributed by atoms with Crippen molar-refractivity contribution >= 4 is 17.1 Å². The molecule has 0 atom stereocenters. The van der Waals surface area contributed by atoms with E-state index in [1.54, 1.807) is 26.1 Å². The highest BCUT2D eigenvalue weighted by Crippen LogP contribution is 2.30. The number of rotatable bonds is 5. The summed E-state index contributed by atoms with van der Waals surface area (Å²) in [6.45, 7) is 4.10. The van der Waals surface area contributed by atoms with Gasteiger partial charge in [-0.05, 0) is 56.7 Å². The van der Waals surface area contributed by atoms with Crippen LogP contribution in [0.15, 0.2) is 18.2 Å². The normalized spacial score (nSPS) is 22.3. The van der Waals surface area contributed by atoms with Crippen LogP contribution in [0.1, 0.15) is 37.9 Å². The number of fused-ring (bicyclic) bond motifs is 3. The highest BCUT2D eigenvalue weighted by Gasteiger charge is 2.25. The maximum atomic E-state index is 11.8. The highest BCUT2D eigenvalue weighted by atomic mass is 16.5. The molecule has 1 aliphatic heterocycles. The second-order valence-corrected chi connectivity index (χ2v) is 8.63. The second-order valence-electron chi connectivity index (χ2n) is 8.63. The Hall–Kier alpha value is -2.28. The van der Waals surface area contributed by atoms with Crippen molar-refractivity contribution in [2.75, 3.05) is 34.3 Å². The number of nitrogens with one attached hydrogen (secondary N) is 1. The number of hydrogen-bond donors (Lipinski definition) is 1. The fraction of sp³-hybridized carbons (Fsp3) is 0.636. The Labute approximate surface area is 173 Å². The van der Waals surface area contributed by atoms with Crippen molar-refractivity contribution in [3.63, 3.8) is 0 Å². The third kappa shape index (κ3) is 4.34. The Morgan fingerprint density at radius 3 is 2.76 bits per heavy atom. The van der Waals surface area contributed by atoms with Gasteiger partial charge >= 0.3 is 6.03 Å². The molecule has 1 N–H and O–H groups in total. The van der Waals surface area contributed by atoms with Gasteiger partial charge in [0, 0.05) is 33.2 Å². The number of methoxy groups -OCH3 is 1. The molecule has 7 nitrogen and oxygen atoms in total. The molecule has 7 heteroatoms. The van der Waals surface area contributed by atoms with E-state index in [2.05, 4.69) is 20.9 Å². The van der Waals surface area contributed by atoms with Gasteiger partial charge in [-0.2, -0.15) is 0 Å². The Balaban J connectivity index is 1.28. The van der Waals surface area contributed by atoms with Gasteiger partial charge in [-0.15, -0.1) is 0 Å². The summed E-state index contributed by atoms with van der Waals surface area (Å²) in [6, 6.07) is 6.53. The monoisotopic (exact) mass is 399 g/mol. The van der Waals surface area contributed by atoms with Crippen molar-refractivity contribution in [1.29, 1.82) is 0 Å². The van der Waals surface area contributed by atoms with Crippen molar-refractivity contribution in [2.24, 2.45) is 5.92 Å². The fourth-order valence-electron chi connectivity index (χ4n) is 4.68. The molecule has 2 heterocycles. The van der Waals surface area contributed by atoms with Crippen molar-refractivity contribution in [3.8, 4) is 5.75 Å². The number of ether oxygens (including phenoxy) is 1. The number of aromatic nitrogens is 2. The Morgan fingerprint density at radius 1 is 1.24 bits per heavy atom. The van der Waals surface area contributed by atoms with Gasteiger partial charge in [0.15, 0.2) is 0 Å². The van der Waals surface area contributed by atoms with E-state index < -0.39 is 0 Å². The lowest BCUT2D eigenvalue weighted by Gasteiger charge is -2.32. The van der Waals surface area contributed by atoms with Crippen LogP contribution in [-0.2, 0) is 13.1 Å². The lowest BCUT2D eigenvalue weighted by atomic mass is 9.84. The molecule has 1 fully saturated rings. The zero-order chi connectivity index (χ0) is 20.4. The van der Waals surface area contributed by atoms with E-state index >= 15 is 0 Å². The maximum Gasteiger partial charge on any atom is 0.317 e. The topological polar surface area (TPSA) is 62.6 Å². The first kappa shape index (κ1) is 20.0. The van der Waals surface area contributed by atoms with Crippen LogP contribution < -0.4 is 10.1 Å². The van der Waals surface area contributed by atoms with Crippen LogP contribution in [0.3, 0.4) is 0 Å². The standard InChI is InChI=1S/C22H33N5O2/c1-25(2)22(28)23-17-9-7-16(8-10-17)11-12-26-13-14-27-18-5-4-6-19(29-3)21(18)24-20(27)15-26/h4-6,16-17H,7-15H2,1-3H3,(H,23,28). The van der Waals surface area contributed by atoms with Crippen molar-refractivity contribution in [3.05, 3.63) is 24.0 Å². The molecule has 2 aromatic rings. The van der Waals surface area contributed by atoms with Crippen LogP contribution in [-0.4, -0.2) is 65.7 Å². The van der Waals surface area contributed by atoms with Crippen LogP contribution in [0.5, 0.6) is 5.75 Å². The average molecular weight is 400 g/mol. The first-order valence-electron chi connectivity index (χ1n) is 10.8. The molecule has 1 saturated carbocycles. The van der Waals surface area contributed by atoms with Crippen molar-refractivity contribution < 1.29 is 9.53 Å². The van der Waals surface area contributed by atoms with E-state index in [-0.39, 0.29) is 6.03 Å². The summed E-state index contributed by atoms with van der Waals surface area (Å²) in [4.78, 5) is 20.8. The number of para-hydroxylation sites is 1. The number of carbonyl (C=O) groups excluding carboxylic acids is 1. The summed E-state index contributed by atoms with van der Waals surface area (Å²) < 4.78 is 7.83. The predicted molar refractivity (Wildman–Crippen MR) is 114 cm³/mol. The van der Waals surface area contributed by atoms with Crippen LogP contribution in [0, 0.1) is 5.92 Å². The second kappa shape index (κ2) is 8.61.